The summed E-state index contributed by atoms with van der Waals surface area (Å²) in [6.07, 6.45) is 2.91. The molecule has 1 aliphatic heterocycles. The highest BCUT2D eigenvalue weighted by Crippen LogP contribution is 2.25. The molecule has 1 unspecified atom stereocenters. The first-order valence-electron chi connectivity index (χ1n) is 9.30. The third-order valence-electron chi connectivity index (χ3n) is 4.56. The molecule has 0 radical (unpaired) electrons. The highest BCUT2D eigenvalue weighted by atomic mass is 16.7. The van der Waals surface area contributed by atoms with Gasteiger partial charge in [0.1, 0.15) is 11.5 Å². The molecular weight excluding hydrogens is 357 g/mol. The Bertz CT molecular complexity index is 795. The molecule has 3 rings (SSSR count). The Kier molecular flexibility index (Phi) is 7.46. The lowest BCUT2D eigenvalue weighted by atomic mass is 9.76. The van der Waals surface area contributed by atoms with Crippen molar-refractivity contribution >= 4 is 18.3 Å². The van der Waals surface area contributed by atoms with Crippen LogP contribution >= 0.6 is 0 Å². The predicted octanol–water partition coefficient (Wildman–Crippen LogP) is 4.06. The van der Waals surface area contributed by atoms with Crippen molar-refractivity contribution in [1.82, 2.24) is 0 Å². The third kappa shape index (κ3) is 5.34. The van der Waals surface area contributed by atoms with Gasteiger partial charge in [-0.2, -0.15) is 0 Å². The maximum absolute atomic E-state index is 7.03. The number of hydrogen-bond donors (Lipinski definition) is 0. The molecule has 0 spiro atoms. The smallest absolute Gasteiger partial charge is 0.457 e. The minimum Gasteiger partial charge on any atom is -0.457 e. The second kappa shape index (κ2) is 10.3. The molecule has 2 aromatic carbocycles. The molecule has 0 bridgehead atoms. The summed E-state index contributed by atoms with van der Waals surface area (Å²) in [7, 11) is 2.72. The predicted molar refractivity (Wildman–Crippen MR) is 107 cm³/mol. The van der Waals surface area contributed by atoms with E-state index in [1.165, 1.54) is 0 Å². The minimum absolute atomic E-state index is 0.184. The van der Waals surface area contributed by atoms with Crippen molar-refractivity contribution in [3.05, 3.63) is 59.4 Å². The Morgan fingerprint density at radius 3 is 2.46 bits per heavy atom. The Morgan fingerprint density at radius 2 is 1.82 bits per heavy atom. The van der Waals surface area contributed by atoms with E-state index in [4.69, 9.17) is 30.1 Å². The van der Waals surface area contributed by atoms with Crippen LogP contribution in [0.1, 0.15) is 24.8 Å². The Labute approximate surface area is 166 Å². The molecule has 146 valence electrons. The summed E-state index contributed by atoms with van der Waals surface area (Å²) in [6.45, 7) is 8.14. The number of benzene rings is 2. The van der Waals surface area contributed by atoms with Gasteiger partial charge in [0.05, 0.1) is 13.2 Å². The fraction of sp³-hybridized carbons (Fsp3) is 0.381. The van der Waals surface area contributed by atoms with Crippen LogP contribution in [0.15, 0.2) is 42.5 Å². The van der Waals surface area contributed by atoms with Crippen molar-refractivity contribution in [3.8, 4) is 11.5 Å². The summed E-state index contributed by atoms with van der Waals surface area (Å²) in [5, 5.41) is 0. The first-order valence-corrected chi connectivity index (χ1v) is 9.30. The average Bonchev–Trinajstić information content (AvgIpc) is 2.75. The monoisotopic (exact) mass is 381 g/mol. The summed E-state index contributed by atoms with van der Waals surface area (Å²) in [5.41, 5.74) is 2.38. The zero-order chi connectivity index (χ0) is 19.8. The number of hydrogen-bond acceptors (Lipinski definition) is 5. The standard InChI is InChI=1S/C21H24BNO5/c1-23-17-7-9-18(10-8-17)28-19-11-12-20(22(24-2)25-3)16(14-19)15-27-21-6-4-5-13-26-21/h7-12,14,21H,4-6,13,15H2,2-3H3. The van der Waals surface area contributed by atoms with Gasteiger partial charge in [0.25, 0.3) is 0 Å². The van der Waals surface area contributed by atoms with E-state index in [9.17, 15) is 0 Å². The zero-order valence-corrected chi connectivity index (χ0v) is 16.2. The maximum Gasteiger partial charge on any atom is 0.493 e. The van der Waals surface area contributed by atoms with Crippen molar-refractivity contribution in [2.45, 2.75) is 32.2 Å². The second-order valence-electron chi connectivity index (χ2n) is 6.48. The third-order valence-corrected chi connectivity index (χ3v) is 4.56. The second-order valence-corrected chi connectivity index (χ2v) is 6.48. The normalized spacial score (nSPS) is 16.4. The van der Waals surface area contributed by atoms with Gasteiger partial charge in [0, 0.05) is 20.8 Å². The van der Waals surface area contributed by atoms with Gasteiger partial charge in [0.15, 0.2) is 12.0 Å². The topological polar surface area (TPSA) is 50.5 Å². The van der Waals surface area contributed by atoms with Crippen molar-refractivity contribution in [2.24, 2.45) is 0 Å². The zero-order valence-electron chi connectivity index (χ0n) is 16.2. The summed E-state index contributed by atoms with van der Waals surface area (Å²) >= 11 is 0. The van der Waals surface area contributed by atoms with Crippen LogP contribution < -0.4 is 10.2 Å². The average molecular weight is 381 g/mol. The number of nitrogens with zero attached hydrogens (tertiary/aromatic N) is 1. The molecule has 1 aliphatic rings. The Hall–Kier alpha value is -2.37. The van der Waals surface area contributed by atoms with Crippen LogP contribution in [0.25, 0.3) is 4.85 Å². The molecule has 2 aromatic rings. The van der Waals surface area contributed by atoms with Crippen molar-refractivity contribution < 1.29 is 23.5 Å². The van der Waals surface area contributed by atoms with Crippen LogP contribution in [0, 0.1) is 6.57 Å². The van der Waals surface area contributed by atoms with Crippen molar-refractivity contribution in [2.75, 3.05) is 20.8 Å². The van der Waals surface area contributed by atoms with Crippen LogP contribution in [-0.2, 0) is 25.4 Å². The minimum atomic E-state index is -0.488. The molecule has 28 heavy (non-hydrogen) atoms. The first kappa shape index (κ1) is 20.4. The van der Waals surface area contributed by atoms with Gasteiger partial charge < -0.3 is 23.5 Å². The summed E-state index contributed by atoms with van der Waals surface area (Å²) < 4.78 is 28.4. The fourth-order valence-electron chi connectivity index (χ4n) is 3.10. The number of rotatable bonds is 8. The molecule has 0 aliphatic carbocycles. The van der Waals surface area contributed by atoms with E-state index < -0.39 is 7.12 Å². The summed E-state index contributed by atoms with van der Waals surface area (Å²) in [5.74, 6) is 1.34. The van der Waals surface area contributed by atoms with Crippen LogP contribution in [0.3, 0.4) is 0 Å². The van der Waals surface area contributed by atoms with Crippen molar-refractivity contribution in [1.29, 1.82) is 0 Å². The lowest BCUT2D eigenvalue weighted by molar-refractivity contribution is -0.168. The molecule has 1 atom stereocenters. The molecule has 0 aromatic heterocycles. The highest BCUT2D eigenvalue weighted by molar-refractivity contribution is 6.61. The molecule has 6 nitrogen and oxygen atoms in total. The van der Waals surface area contributed by atoms with Gasteiger partial charge in [-0.05, 0) is 54.6 Å². The van der Waals surface area contributed by atoms with Gasteiger partial charge in [-0.25, -0.2) is 4.85 Å². The molecule has 0 amide bonds. The van der Waals surface area contributed by atoms with Crippen LogP contribution in [-0.4, -0.2) is 34.2 Å². The Morgan fingerprint density at radius 1 is 1.07 bits per heavy atom. The lowest BCUT2D eigenvalue weighted by Gasteiger charge is -2.24. The van der Waals surface area contributed by atoms with E-state index >= 15 is 0 Å². The van der Waals surface area contributed by atoms with Gasteiger partial charge in [-0.15, -0.1) is 0 Å². The number of ether oxygens (including phenoxy) is 3. The van der Waals surface area contributed by atoms with E-state index in [1.54, 1.807) is 38.5 Å². The van der Waals surface area contributed by atoms with E-state index in [-0.39, 0.29) is 6.29 Å². The van der Waals surface area contributed by atoms with Gasteiger partial charge in [0.2, 0.25) is 0 Å². The molecule has 7 heteroatoms. The van der Waals surface area contributed by atoms with Crippen LogP contribution in [0.5, 0.6) is 11.5 Å². The van der Waals surface area contributed by atoms with Crippen molar-refractivity contribution in [3.63, 3.8) is 0 Å². The quantitative estimate of drug-likeness (QED) is 0.510. The molecular formula is C21H24BNO5. The van der Waals surface area contributed by atoms with E-state index in [0.717, 1.165) is 36.9 Å². The highest BCUT2D eigenvalue weighted by Gasteiger charge is 2.23. The molecule has 1 saturated heterocycles. The van der Waals surface area contributed by atoms with Crippen LogP contribution in [0.2, 0.25) is 0 Å². The largest absolute Gasteiger partial charge is 0.493 e. The first-order chi connectivity index (χ1) is 13.7. The van der Waals surface area contributed by atoms with E-state index in [0.29, 0.717) is 23.8 Å². The molecule has 0 saturated carbocycles. The summed E-state index contributed by atoms with van der Waals surface area (Å²) in [4.78, 5) is 3.39. The fourth-order valence-corrected chi connectivity index (χ4v) is 3.10. The van der Waals surface area contributed by atoms with E-state index in [1.807, 2.05) is 18.2 Å². The van der Waals surface area contributed by atoms with Gasteiger partial charge in [-0.1, -0.05) is 18.2 Å². The van der Waals surface area contributed by atoms with Gasteiger partial charge >= 0.3 is 7.12 Å². The Balaban J connectivity index is 1.78. The lowest BCUT2D eigenvalue weighted by Crippen LogP contribution is -2.38. The van der Waals surface area contributed by atoms with Gasteiger partial charge in [-0.3, -0.25) is 0 Å². The SMILES string of the molecule is [C-]#[N+]c1ccc(Oc2ccc(B(OC)OC)c(COC3CCCCO3)c2)cc1. The van der Waals surface area contributed by atoms with Crippen LogP contribution in [0.4, 0.5) is 5.69 Å². The van der Waals surface area contributed by atoms with E-state index in [2.05, 4.69) is 4.85 Å². The molecule has 0 N–H and O–H groups in total. The summed E-state index contributed by atoms with van der Waals surface area (Å²) in [6, 6.07) is 12.7. The molecule has 1 heterocycles. The molecule has 1 fully saturated rings. The maximum atomic E-state index is 7.03.